The highest BCUT2D eigenvalue weighted by molar-refractivity contribution is 5.95. The first-order valence-corrected chi connectivity index (χ1v) is 9.93. The molecule has 1 heterocycles. The highest BCUT2D eigenvalue weighted by atomic mass is 16.5. The smallest absolute Gasteiger partial charge is 0.249 e. The number of aryl methyl sites for hydroxylation is 2. The van der Waals surface area contributed by atoms with Crippen LogP contribution < -0.4 is 11.1 Å². The summed E-state index contributed by atoms with van der Waals surface area (Å²) in [7, 11) is 0. The van der Waals surface area contributed by atoms with Crippen molar-refractivity contribution in [3.8, 4) is 0 Å². The average molecular weight is 398 g/mol. The molecule has 0 aliphatic heterocycles. The number of amides is 1. The Labute approximate surface area is 172 Å². The minimum atomic E-state index is -0.399. The molecule has 4 N–H and O–H groups in total. The number of nitrogens with two attached hydrogens (primary N) is 1. The molecule has 1 amide bonds. The highest BCUT2D eigenvalue weighted by Crippen LogP contribution is 2.26. The summed E-state index contributed by atoms with van der Waals surface area (Å²) in [6.45, 7) is 7.36. The van der Waals surface area contributed by atoms with Gasteiger partial charge in [0.25, 0.3) is 0 Å². The average Bonchev–Trinajstić information content (AvgIpc) is 2.70. The Bertz CT molecular complexity index is 808. The zero-order valence-electron chi connectivity index (χ0n) is 17.1. The van der Waals surface area contributed by atoms with Gasteiger partial charge in [-0.25, -0.2) is 0 Å². The normalized spacial score (nSPS) is 11.8. The second-order valence-corrected chi connectivity index (χ2v) is 6.95. The van der Waals surface area contributed by atoms with Gasteiger partial charge in [-0.1, -0.05) is 30.8 Å². The molecular formula is C23H31N3O3. The van der Waals surface area contributed by atoms with Gasteiger partial charge in [-0.3, -0.25) is 9.78 Å². The van der Waals surface area contributed by atoms with E-state index < -0.39 is 5.91 Å². The largest absolute Gasteiger partial charge is 0.396 e. The minimum Gasteiger partial charge on any atom is -0.396 e. The molecule has 0 radical (unpaired) electrons. The van der Waals surface area contributed by atoms with Crippen molar-refractivity contribution in [1.82, 2.24) is 10.3 Å². The second-order valence-electron chi connectivity index (χ2n) is 6.95. The van der Waals surface area contributed by atoms with Gasteiger partial charge in [0.1, 0.15) is 0 Å². The summed E-state index contributed by atoms with van der Waals surface area (Å²) in [4.78, 5) is 16.4. The lowest BCUT2D eigenvalue weighted by Gasteiger charge is -2.21. The zero-order valence-corrected chi connectivity index (χ0v) is 17.1. The molecule has 0 saturated heterocycles. The lowest BCUT2D eigenvalue weighted by molar-refractivity contribution is 0.0998. The predicted octanol–water partition coefficient (Wildman–Crippen LogP) is 2.49. The first kappa shape index (κ1) is 22.6. The lowest BCUT2D eigenvalue weighted by atomic mass is 9.89. The summed E-state index contributed by atoms with van der Waals surface area (Å²) >= 11 is 0. The van der Waals surface area contributed by atoms with Crippen LogP contribution in [0.5, 0.6) is 0 Å². The molecule has 6 heteroatoms. The number of primary amides is 1. The Morgan fingerprint density at radius 3 is 2.90 bits per heavy atom. The van der Waals surface area contributed by atoms with Crippen LogP contribution >= 0.6 is 0 Å². The van der Waals surface area contributed by atoms with E-state index in [0.29, 0.717) is 38.2 Å². The van der Waals surface area contributed by atoms with E-state index in [1.165, 1.54) is 0 Å². The number of nitrogens with one attached hydrogen (secondary N) is 1. The zero-order chi connectivity index (χ0) is 21.1. The van der Waals surface area contributed by atoms with Crippen LogP contribution in [-0.2, 0) is 17.6 Å². The van der Waals surface area contributed by atoms with E-state index in [-0.39, 0.29) is 12.5 Å². The summed E-state index contributed by atoms with van der Waals surface area (Å²) in [6, 6.07) is 9.75. The number of hydrogen-bond acceptors (Lipinski definition) is 5. The Kier molecular flexibility index (Phi) is 9.34. The van der Waals surface area contributed by atoms with Gasteiger partial charge >= 0.3 is 0 Å². The Hall–Kier alpha value is -2.70. The van der Waals surface area contributed by atoms with E-state index in [9.17, 15) is 9.90 Å². The number of aromatic nitrogens is 1. The van der Waals surface area contributed by atoms with Gasteiger partial charge in [0.15, 0.2) is 0 Å². The molecule has 1 aromatic carbocycles. The number of pyridine rings is 1. The van der Waals surface area contributed by atoms with Crippen LogP contribution in [0.1, 0.15) is 45.1 Å². The molecule has 1 atom stereocenters. The van der Waals surface area contributed by atoms with Crippen LogP contribution in [0.3, 0.4) is 0 Å². The molecule has 0 fully saturated rings. The molecule has 156 valence electrons. The maximum atomic E-state index is 11.9. The van der Waals surface area contributed by atoms with Crippen LogP contribution in [0.2, 0.25) is 0 Å². The summed E-state index contributed by atoms with van der Waals surface area (Å²) in [5.74, 6) is -0.307. The topological polar surface area (TPSA) is 97.5 Å². The number of hydrogen-bond donors (Lipinski definition) is 3. The number of aliphatic hydroxyl groups excluding tert-OH is 1. The minimum absolute atomic E-state index is 0.0462. The fourth-order valence-corrected chi connectivity index (χ4v) is 3.54. The SMILES string of the molecule is C=CNCCOCC(CCc1cccc(C)c1C(N)=O)c1cccnc1CCO. The number of carbonyl (C=O) groups is 1. The number of rotatable bonds is 13. The van der Waals surface area contributed by atoms with Gasteiger partial charge in [-0.2, -0.15) is 0 Å². The number of aliphatic hydroxyl groups is 1. The molecule has 0 aliphatic rings. The molecule has 0 bridgehead atoms. The number of benzene rings is 1. The van der Waals surface area contributed by atoms with Crippen LogP contribution in [0.4, 0.5) is 0 Å². The number of carbonyl (C=O) groups excluding carboxylic acids is 1. The highest BCUT2D eigenvalue weighted by Gasteiger charge is 2.19. The van der Waals surface area contributed by atoms with Crippen molar-refractivity contribution in [2.75, 3.05) is 26.4 Å². The van der Waals surface area contributed by atoms with Crippen molar-refractivity contribution >= 4 is 5.91 Å². The predicted molar refractivity (Wildman–Crippen MR) is 115 cm³/mol. The molecule has 1 unspecified atom stereocenters. The molecule has 0 aliphatic carbocycles. The maximum Gasteiger partial charge on any atom is 0.249 e. The van der Waals surface area contributed by atoms with Crippen molar-refractivity contribution in [3.05, 3.63) is 77.3 Å². The molecule has 1 aromatic heterocycles. The first-order valence-electron chi connectivity index (χ1n) is 9.93. The lowest BCUT2D eigenvalue weighted by Crippen LogP contribution is -2.19. The fourth-order valence-electron chi connectivity index (χ4n) is 3.54. The van der Waals surface area contributed by atoms with Gasteiger partial charge in [-0.15, -0.1) is 0 Å². The van der Waals surface area contributed by atoms with Gasteiger partial charge in [-0.05, 0) is 48.7 Å². The first-order chi connectivity index (χ1) is 14.1. The number of nitrogens with zero attached hydrogens (tertiary/aromatic N) is 1. The molecule has 6 nitrogen and oxygen atoms in total. The van der Waals surface area contributed by atoms with E-state index in [2.05, 4.69) is 16.9 Å². The van der Waals surface area contributed by atoms with Crippen molar-refractivity contribution in [1.29, 1.82) is 0 Å². The van der Waals surface area contributed by atoms with Crippen molar-refractivity contribution in [2.45, 2.75) is 32.1 Å². The fraction of sp³-hybridized carbons (Fsp3) is 0.391. The van der Waals surface area contributed by atoms with Gasteiger partial charge in [0.05, 0.1) is 13.2 Å². The molecule has 0 saturated carbocycles. The van der Waals surface area contributed by atoms with E-state index in [1.807, 2.05) is 37.3 Å². The summed E-state index contributed by atoms with van der Waals surface area (Å²) in [6.07, 6.45) is 5.37. The molecule has 29 heavy (non-hydrogen) atoms. The summed E-state index contributed by atoms with van der Waals surface area (Å²) < 4.78 is 5.88. The van der Waals surface area contributed by atoms with E-state index in [4.69, 9.17) is 10.5 Å². The molecule has 2 aromatic rings. The van der Waals surface area contributed by atoms with Gasteiger partial charge < -0.3 is 20.9 Å². The monoisotopic (exact) mass is 397 g/mol. The second kappa shape index (κ2) is 12.0. The molecule has 0 spiro atoms. The van der Waals surface area contributed by atoms with E-state index >= 15 is 0 Å². The van der Waals surface area contributed by atoms with E-state index in [1.54, 1.807) is 12.4 Å². The van der Waals surface area contributed by atoms with Crippen LogP contribution in [-0.4, -0.2) is 42.4 Å². The Morgan fingerprint density at radius 1 is 1.34 bits per heavy atom. The number of ether oxygens (including phenoxy) is 1. The van der Waals surface area contributed by atoms with Crippen molar-refractivity contribution in [2.24, 2.45) is 5.73 Å². The van der Waals surface area contributed by atoms with Crippen LogP contribution in [0.15, 0.2) is 49.3 Å². The van der Waals surface area contributed by atoms with Gasteiger partial charge in [0, 0.05) is 42.9 Å². The van der Waals surface area contributed by atoms with Crippen molar-refractivity contribution < 1.29 is 14.6 Å². The maximum absolute atomic E-state index is 11.9. The Balaban J connectivity index is 2.19. The van der Waals surface area contributed by atoms with Gasteiger partial charge in [0.2, 0.25) is 5.91 Å². The summed E-state index contributed by atoms with van der Waals surface area (Å²) in [5.41, 5.74) is 10.0. The third-order valence-corrected chi connectivity index (χ3v) is 4.94. The van der Waals surface area contributed by atoms with Crippen LogP contribution in [0.25, 0.3) is 0 Å². The summed E-state index contributed by atoms with van der Waals surface area (Å²) in [5, 5.41) is 12.4. The molecular weight excluding hydrogens is 366 g/mol. The third-order valence-electron chi connectivity index (χ3n) is 4.94. The standard InChI is InChI=1S/C23H31N3O3/c1-3-25-13-15-29-16-19(20-8-5-12-26-21(20)11-14-27)10-9-18-7-4-6-17(2)22(18)23(24)28/h3-8,12,19,25,27H,1,9-11,13-16H2,2H3,(H2,24,28). The third kappa shape index (κ3) is 6.69. The van der Waals surface area contributed by atoms with E-state index in [0.717, 1.165) is 28.8 Å². The Morgan fingerprint density at radius 2 is 2.17 bits per heavy atom. The van der Waals surface area contributed by atoms with Crippen LogP contribution in [0, 0.1) is 6.92 Å². The molecule has 2 rings (SSSR count). The van der Waals surface area contributed by atoms with Crippen molar-refractivity contribution in [3.63, 3.8) is 0 Å². The quantitative estimate of drug-likeness (QED) is 0.451.